The smallest absolute Gasteiger partial charge is 0.0931 e. The molecule has 2 unspecified atom stereocenters. The van der Waals surface area contributed by atoms with Crippen molar-refractivity contribution >= 4 is 22.9 Å². The molecule has 18 heavy (non-hydrogen) atoms. The molecule has 2 aromatic heterocycles. The van der Waals surface area contributed by atoms with E-state index in [4.69, 9.17) is 11.6 Å². The second-order valence-electron chi connectivity index (χ2n) is 4.22. The zero-order valence-electron chi connectivity index (χ0n) is 10.6. The molecule has 2 aromatic rings. The molecule has 0 saturated heterocycles. The molecule has 0 aromatic carbocycles. The fourth-order valence-corrected chi connectivity index (χ4v) is 3.30. The van der Waals surface area contributed by atoms with E-state index >= 15 is 0 Å². The van der Waals surface area contributed by atoms with Crippen LogP contribution < -0.4 is 5.32 Å². The van der Waals surface area contributed by atoms with Gasteiger partial charge in [0.05, 0.1) is 4.34 Å². The van der Waals surface area contributed by atoms with Crippen molar-refractivity contribution in [1.82, 2.24) is 10.3 Å². The van der Waals surface area contributed by atoms with Gasteiger partial charge in [-0.1, -0.05) is 31.5 Å². The number of halogens is 1. The third-order valence-corrected chi connectivity index (χ3v) is 4.29. The number of nitrogens with zero attached hydrogens (tertiary/aromatic N) is 1. The van der Waals surface area contributed by atoms with Crippen LogP contribution in [0.5, 0.6) is 0 Å². The molecule has 0 radical (unpaired) electrons. The lowest BCUT2D eigenvalue weighted by molar-refractivity contribution is 0.479. The third-order valence-electron chi connectivity index (χ3n) is 2.98. The lowest BCUT2D eigenvalue weighted by Gasteiger charge is -2.23. The Bertz CT molecular complexity index is 484. The number of thiophene rings is 1. The first-order chi connectivity index (χ1) is 8.72. The number of likely N-dealkylation sites (N-methyl/N-ethyl adjacent to an activating group) is 1. The molecule has 0 fully saturated rings. The number of aromatic nitrogens is 1. The van der Waals surface area contributed by atoms with Gasteiger partial charge in [0, 0.05) is 28.7 Å². The maximum atomic E-state index is 6.03. The van der Waals surface area contributed by atoms with Crippen molar-refractivity contribution in [3.63, 3.8) is 0 Å². The molecular weight excluding hydrogens is 264 g/mol. The lowest BCUT2D eigenvalue weighted by atomic mass is 9.96. The number of hydrogen-bond acceptors (Lipinski definition) is 3. The van der Waals surface area contributed by atoms with Crippen LogP contribution in [0.15, 0.2) is 36.5 Å². The summed E-state index contributed by atoms with van der Waals surface area (Å²) in [7, 11) is 0. The second-order valence-corrected chi connectivity index (χ2v) is 5.97. The molecule has 0 bridgehead atoms. The molecule has 2 rings (SSSR count). The van der Waals surface area contributed by atoms with Gasteiger partial charge in [0.15, 0.2) is 0 Å². The van der Waals surface area contributed by atoms with Crippen LogP contribution in [-0.4, -0.2) is 11.5 Å². The number of rotatable bonds is 5. The average Bonchev–Trinajstić information content (AvgIpc) is 2.82. The van der Waals surface area contributed by atoms with E-state index < -0.39 is 0 Å². The minimum Gasteiger partial charge on any atom is -0.309 e. The van der Waals surface area contributed by atoms with Crippen molar-refractivity contribution in [2.75, 3.05) is 6.54 Å². The molecule has 0 aliphatic carbocycles. The van der Waals surface area contributed by atoms with Crippen LogP contribution in [0.2, 0.25) is 4.34 Å². The van der Waals surface area contributed by atoms with Gasteiger partial charge in [-0.3, -0.25) is 4.98 Å². The Labute approximate surface area is 117 Å². The predicted molar refractivity (Wildman–Crippen MR) is 78.4 cm³/mol. The molecule has 2 atom stereocenters. The zero-order valence-corrected chi connectivity index (χ0v) is 12.1. The van der Waals surface area contributed by atoms with Gasteiger partial charge in [-0.15, -0.1) is 11.3 Å². The minimum absolute atomic E-state index is 0.266. The van der Waals surface area contributed by atoms with E-state index in [9.17, 15) is 0 Å². The molecule has 96 valence electrons. The Morgan fingerprint density at radius 2 is 2.17 bits per heavy atom. The molecule has 2 heterocycles. The maximum absolute atomic E-state index is 6.03. The summed E-state index contributed by atoms with van der Waals surface area (Å²) in [5, 5.41) is 3.52. The highest BCUT2D eigenvalue weighted by Crippen LogP contribution is 2.35. The van der Waals surface area contributed by atoms with Gasteiger partial charge < -0.3 is 5.32 Å². The summed E-state index contributed by atoms with van der Waals surface area (Å²) < 4.78 is 0.834. The summed E-state index contributed by atoms with van der Waals surface area (Å²) in [6.07, 6.45) is 1.84. The first-order valence-electron chi connectivity index (χ1n) is 6.12. The Kier molecular flexibility index (Phi) is 4.75. The largest absolute Gasteiger partial charge is 0.309 e. The van der Waals surface area contributed by atoms with Crippen LogP contribution in [0, 0.1) is 0 Å². The summed E-state index contributed by atoms with van der Waals surface area (Å²) in [5.74, 6) is 0.320. The monoisotopic (exact) mass is 280 g/mol. The van der Waals surface area contributed by atoms with Crippen molar-refractivity contribution in [2.45, 2.75) is 25.8 Å². The topological polar surface area (TPSA) is 24.9 Å². The van der Waals surface area contributed by atoms with Gasteiger partial charge in [-0.05, 0) is 30.8 Å². The highest BCUT2D eigenvalue weighted by atomic mass is 35.5. The Hall–Kier alpha value is -0.900. The van der Waals surface area contributed by atoms with E-state index in [0.29, 0.717) is 5.92 Å². The third kappa shape index (κ3) is 3.10. The van der Waals surface area contributed by atoms with Crippen LogP contribution in [0.25, 0.3) is 0 Å². The Balaban J connectivity index is 2.25. The molecular formula is C14H17ClN2S. The fraction of sp³-hybridized carbons (Fsp3) is 0.357. The van der Waals surface area contributed by atoms with E-state index in [1.807, 2.05) is 24.4 Å². The van der Waals surface area contributed by atoms with Crippen molar-refractivity contribution in [3.8, 4) is 0 Å². The Morgan fingerprint density at radius 3 is 2.72 bits per heavy atom. The van der Waals surface area contributed by atoms with E-state index in [-0.39, 0.29) is 6.04 Å². The van der Waals surface area contributed by atoms with E-state index in [1.54, 1.807) is 11.3 Å². The minimum atomic E-state index is 0.266. The van der Waals surface area contributed by atoms with Crippen molar-refractivity contribution in [3.05, 3.63) is 51.4 Å². The molecule has 0 aliphatic rings. The summed E-state index contributed by atoms with van der Waals surface area (Å²) >= 11 is 7.66. The fourth-order valence-electron chi connectivity index (χ4n) is 2.06. The molecule has 0 saturated carbocycles. The molecule has 4 heteroatoms. The first-order valence-corrected chi connectivity index (χ1v) is 7.31. The molecule has 0 amide bonds. The molecule has 1 N–H and O–H groups in total. The average molecular weight is 281 g/mol. The normalized spacial score (nSPS) is 14.4. The highest BCUT2D eigenvalue weighted by molar-refractivity contribution is 7.16. The summed E-state index contributed by atoms with van der Waals surface area (Å²) in [6, 6.07) is 10.4. The van der Waals surface area contributed by atoms with Gasteiger partial charge in [-0.25, -0.2) is 0 Å². The standard InChI is InChI=1S/C14H17ClN2S/c1-3-16-14(12-7-8-13(15)18-12)10(2)11-6-4-5-9-17-11/h4-10,14,16H,3H2,1-2H3. The van der Waals surface area contributed by atoms with Crippen molar-refractivity contribution in [1.29, 1.82) is 0 Å². The van der Waals surface area contributed by atoms with Gasteiger partial charge in [0.25, 0.3) is 0 Å². The molecule has 2 nitrogen and oxygen atoms in total. The summed E-state index contributed by atoms with van der Waals surface area (Å²) in [6.45, 7) is 5.24. The SMILES string of the molecule is CCNC(c1ccc(Cl)s1)C(C)c1ccccn1. The quantitative estimate of drug-likeness (QED) is 0.886. The number of nitrogens with one attached hydrogen (secondary N) is 1. The zero-order chi connectivity index (χ0) is 13.0. The summed E-state index contributed by atoms with van der Waals surface area (Å²) in [4.78, 5) is 5.71. The van der Waals surface area contributed by atoms with Gasteiger partial charge in [0.1, 0.15) is 0 Å². The van der Waals surface area contributed by atoms with Crippen LogP contribution >= 0.6 is 22.9 Å². The second kappa shape index (κ2) is 6.32. The van der Waals surface area contributed by atoms with Crippen molar-refractivity contribution < 1.29 is 0 Å². The molecule has 0 aliphatic heterocycles. The first kappa shape index (κ1) is 13.5. The maximum Gasteiger partial charge on any atom is 0.0931 e. The van der Waals surface area contributed by atoms with E-state index in [0.717, 1.165) is 16.6 Å². The van der Waals surface area contributed by atoms with Gasteiger partial charge >= 0.3 is 0 Å². The summed E-state index contributed by atoms with van der Waals surface area (Å²) in [5.41, 5.74) is 1.10. The number of hydrogen-bond donors (Lipinski definition) is 1. The Morgan fingerprint density at radius 1 is 1.33 bits per heavy atom. The van der Waals surface area contributed by atoms with Crippen LogP contribution in [0.4, 0.5) is 0 Å². The van der Waals surface area contributed by atoms with Gasteiger partial charge in [-0.2, -0.15) is 0 Å². The molecule has 0 spiro atoms. The van der Waals surface area contributed by atoms with E-state index in [2.05, 4.69) is 36.3 Å². The van der Waals surface area contributed by atoms with Crippen LogP contribution in [0.3, 0.4) is 0 Å². The highest BCUT2D eigenvalue weighted by Gasteiger charge is 2.22. The van der Waals surface area contributed by atoms with E-state index in [1.165, 1.54) is 4.88 Å². The van der Waals surface area contributed by atoms with Crippen molar-refractivity contribution in [2.24, 2.45) is 0 Å². The van der Waals surface area contributed by atoms with Crippen LogP contribution in [0.1, 0.15) is 36.4 Å². The van der Waals surface area contributed by atoms with Gasteiger partial charge in [0.2, 0.25) is 0 Å². The number of pyridine rings is 1. The lowest BCUT2D eigenvalue weighted by Crippen LogP contribution is -2.25. The predicted octanol–water partition coefficient (Wildman–Crippen LogP) is 4.25. The van der Waals surface area contributed by atoms with Crippen LogP contribution in [-0.2, 0) is 0 Å².